The Labute approximate surface area is 164 Å². The predicted octanol–water partition coefficient (Wildman–Crippen LogP) is 4.50. The van der Waals surface area contributed by atoms with Gasteiger partial charge in [0.1, 0.15) is 6.10 Å². The molecule has 0 radical (unpaired) electrons. The van der Waals surface area contributed by atoms with Crippen molar-refractivity contribution in [3.63, 3.8) is 0 Å². The molecule has 1 aliphatic heterocycles. The normalized spacial score (nSPS) is 33.4. The van der Waals surface area contributed by atoms with Crippen molar-refractivity contribution in [2.75, 3.05) is 20.3 Å². The fourth-order valence-electron chi connectivity index (χ4n) is 3.14. The molecule has 4 nitrogen and oxygen atoms in total. The van der Waals surface area contributed by atoms with Crippen molar-refractivity contribution in [2.24, 2.45) is 11.8 Å². The van der Waals surface area contributed by atoms with Gasteiger partial charge in [-0.1, -0.05) is 52.6 Å². The van der Waals surface area contributed by atoms with Gasteiger partial charge in [0.25, 0.3) is 0 Å². The molecule has 0 bridgehead atoms. The molecular weight excluding hydrogens is 440 g/mol. The summed E-state index contributed by atoms with van der Waals surface area (Å²) in [5.41, 5.74) is 0. The third kappa shape index (κ3) is 7.20. The molecule has 0 spiro atoms. The second-order valence-electron chi connectivity index (χ2n) is 6.84. The van der Waals surface area contributed by atoms with Crippen molar-refractivity contribution >= 4 is 31.9 Å². The van der Waals surface area contributed by atoms with Gasteiger partial charge in [-0.3, -0.25) is 0 Å². The Morgan fingerprint density at radius 3 is 2.17 bits per heavy atom. The molecule has 1 fully saturated rings. The zero-order chi connectivity index (χ0) is 18.1. The molecule has 144 valence electrons. The van der Waals surface area contributed by atoms with E-state index in [1.54, 1.807) is 7.11 Å². The molecule has 0 aromatic rings. The summed E-state index contributed by atoms with van der Waals surface area (Å²) >= 11 is 7.48. The number of aliphatic hydroxyl groups is 1. The molecule has 7 atom stereocenters. The molecule has 0 aromatic carbocycles. The maximum Gasteiger partial charge on any atom is 0.183 e. The lowest BCUT2D eigenvalue weighted by atomic mass is 9.82. The standard InChI is InChI=1S/C18H34Br2O4/c1-5-16-12(2)13(3)17(21)18(24-16)23-11-7-9-15(20)14(19)8-6-10-22-4/h12-18,21H,5-11H2,1-4H3/t12-,13+,14?,15?,16?,17?,18-/m1/s1. The molecule has 0 aliphatic carbocycles. The topological polar surface area (TPSA) is 47.9 Å². The van der Waals surface area contributed by atoms with E-state index in [-0.39, 0.29) is 12.0 Å². The number of rotatable bonds is 11. The van der Waals surface area contributed by atoms with Crippen molar-refractivity contribution in [1.29, 1.82) is 0 Å². The summed E-state index contributed by atoms with van der Waals surface area (Å²) in [6.07, 6.45) is 4.20. The number of aliphatic hydroxyl groups excluding tert-OH is 1. The third-order valence-electron chi connectivity index (χ3n) is 5.07. The Hall–Kier alpha value is 0.800. The molecule has 1 rings (SSSR count). The zero-order valence-electron chi connectivity index (χ0n) is 15.4. The molecule has 1 aliphatic rings. The van der Waals surface area contributed by atoms with Gasteiger partial charge in [0.15, 0.2) is 6.29 Å². The maximum atomic E-state index is 10.4. The van der Waals surface area contributed by atoms with Gasteiger partial charge >= 0.3 is 0 Å². The number of halogens is 2. The van der Waals surface area contributed by atoms with Crippen LogP contribution in [0.5, 0.6) is 0 Å². The number of ether oxygens (including phenoxy) is 3. The molecule has 6 heteroatoms. The predicted molar refractivity (Wildman–Crippen MR) is 105 cm³/mol. The van der Waals surface area contributed by atoms with Gasteiger partial charge in [-0.2, -0.15) is 0 Å². The quantitative estimate of drug-likeness (QED) is 0.354. The van der Waals surface area contributed by atoms with E-state index < -0.39 is 12.4 Å². The van der Waals surface area contributed by atoms with Crippen LogP contribution < -0.4 is 0 Å². The molecule has 4 unspecified atom stereocenters. The highest BCUT2D eigenvalue weighted by molar-refractivity contribution is 9.12. The highest BCUT2D eigenvalue weighted by Gasteiger charge is 2.40. The number of alkyl halides is 2. The molecule has 0 aromatic heterocycles. The lowest BCUT2D eigenvalue weighted by molar-refractivity contribution is -0.270. The maximum absolute atomic E-state index is 10.4. The van der Waals surface area contributed by atoms with E-state index in [4.69, 9.17) is 14.2 Å². The van der Waals surface area contributed by atoms with E-state index in [0.717, 1.165) is 38.7 Å². The molecule has 24 heavy (non-hydrogen) atoms. The molecular formula is C18H34Br2O4. The summed E-state index contributed by atoms with van der Waals surface area (Å²) in [6.45, 7) is 7.77. The van der Waals surface area contributed by atoms with Gasteiger partial charge in [-0.05, 0) is 43.9 Å². The molecule has 1 N–H and O–H groups in total. The number of methoxy groups -OCH3 is 1. The summed E-state index contributed by atoms with van der Waals surface area (Å²) in [5.74, 6) is 0.559. The smallest absolute Gasteiger partial charge is 0.183 e. The van der Waals surface area contributed by atoms with Crippen molar-refractivity contribution in [2.45, 2.75) is 81.0 Å². The Morgan fingerprint density at radius 2 is 1.62 bits per heavy atom. The summed E-state index contributed by atoms with van der Waals surface area (Å²) in [5, 5.41) is 10.4. The van der Waals surface area contributed by atoms with Crippen molar-refractivity contribution in [3.05, 3.63) is 0 Å². The van der Waals surface area contributed by atoms with Crippen LogP contribution in [-0.4, -0.2) is 53.6 Å². The van der Waals surface area contributed by atoms with Crippen LogP contribution in [-0.2, 0) is 14.2 Å². The van der Waals surface area contributed by atoms with Crippen LogP contribution >= 0.6 is 31.9 Å². The minimum absolute atomic E-state index is 0.171. The molecule has 1 heterocycles. The van der Waals surface area contributed by atoms with Crippen LogP contribution in [0.25, 0.3) is 0 Å². The van der Waals surface area contributed by atoms with Crippen LogP contribution in [0.15, 0.2) is 0 Å². The first-order valence-electron chi connectivity index (χ1n) is 9.14. The largest absolute Gasteiger partial charge is 0.388 e. The van der Waals surface area contributed by atoms with Gasteiger partial charge in [0.2, 0.25) is 0 Å². The first-order valence-corrected chi connectivity index (χ1v) is 11.0. The fourth-order valence-corrected chi connectivity index (χ4v) is 4.32. The van der Waals surface area contributed by atoms with Crippen molar-refractivity contribution in [1.82, 2.24) is 0 Å². The average Bonchev–Trinajstić information content (AvgIpc) is 2.58. The average molecular weight is 474 g/mol. The van der Waals surface area contributed by atoms with Crippen molar-refractivity contribution < 1.29 is 19.3 Å². The van der Waals surface area contributed by atoms with Crippen LogP contribution in [0.4, 0.5) is 0 Å². The highest BCUT2D eigenvalue weighted by Crippen LogP contribution is 2.33. The minimum atomic E-state index is -0.541. The van der Waals surface area contributed by atoms with Crippen molar-refractivity contribution in [3.8, 4) is 0 Å². The Bertz CT molecular complexity index is 330. The van der Waals surface area contributed by atoms with Gasteiger partial charge < -0.3 is 19.3 Å². The number of hydrogen-bond donors (Lipinski definition) is 1. The summed E-state index contributed by atoms with van der Waals surface area (Å²) < 4.78 is 16.9. The molecule has 0 amide bonds. The molecule has 0 saturated carbocycles. The summed E-state index contributed by atoms with van der Waals surface area (Å²) in [6, 6.07) is 0. The van der Waals surface area contributed by atoms with E-state index in [0.29, 0.717) is 22.2 Å². The van der Waals surface area contributed by atoms with Gasteiger partial charge in [-0.15, -0.1) is 0 Å². The van der Waals surface area contributed by atoms with Gasteiger partial charge in [0.05, 0.1) is 6.10 Å². The molecule has 1 saturated heterocycles. The van der Waals surface area contributed by atoms with E-state index in [1.807, 2.05) is 0 Å². The van der Waals surface area contributed by atoms with Crippen LogP contribution in [0, 0.1) is 11.8 Å². The van der Waals surface area contributed by atoms with E-state index in [2.05, 4.69) is 52.6 Å². The lowest BCUT2D eigenvalue weighted by Crippen LogP contribution is -2.50. The van der Waals surface area contributed by atoms with E-state index >= 15 is 0 Å². The second kappa shape index (κ2) is 12.2. The summed E-state index contributed by atoms with van der Waals surface area (Å²) in [4.78, 5) is 0.854. The zero-order valence-corrected chi connectivity index (χ0v) is 18.6. The highest BCUT2D eigenvalue weighted by atomic mass is 79.9. The first-order chi connectivity index (χ1) is 11.4. The van der Waals surface area contributed by atoms with Gasteiger partial charge in [0, 0.05) is 30.0 Å². The Kier molecular flexibility index (Phi) is 11.6. The Balaban J connectivity index is 2.26. The minimum Gasteiger partial charge on any atom is -0.388 e. The van der Waals surface area contributed by atoms with E-state index in [9.17, 15) is 5.11 Å². The number of hydrogen-bond acceptors (Lipinski definition) is 4. The van der Waals surface area contributed by atoms with Crippen LogP contribution in [0.1, 0.15) is 52.9 Å². The second-order valence-corrected chi connectivity index (χ2v) is 9.19. The Morgan fingerprint density at radius 1 is 1.04 bits per heavy atom. The third-order valence-corrected chi connectivity index (χ3v) is 7.97. The van der Waals surface area contributed by atoms with Crippen LogP contribution in [0.3, 0.4) is 0 Å². The van der Waals surface area contributed by atoms with E-state index in [1.165, 1.54) is 0 Å². The lowest BCUT2D eigenvalue weighted by Gasteiger charge is -2.42. The fraction of sp³-hybridized carbons (Fsp3) is 1.00. The summed E-state index contributed by atoms with van der Waals surface area (Å²) in [7, 11) is 1.73. The van der Waals surface area contributed by atoms with Gasteiger partial charge in [-0.25, -0.2) is 0 Å². The monoisotopic (exact) mass is 472 g/mol. The van der Waals surface area contributed by atoms with Crippen LogP contribution in [0.2, 0.25) is 0 Å². The first kappa shape index (κ1) is 22.8. The SMILES string of the molecule is CCC1O[C@@H](OCCCC(Br)C(Br)CCCOC)C(O)[C@@H](C)[C@H]1C.